The molecule has 0 bridgehead atoms. The molecule has 0 amide bonds. The van der Waals surface area contributed by atoms with Crippen LogP contribution < -0.4 is 0 Å². The third kappa shape index (κ3) is 12.0. The van der Waals surface area contributed by atoms with Gasteiger partial charge in [0, 0.05) is 43.4 Å². The molecule has 0 aromatic heterocycles. The topological polar surface area (TPSA) is 435 Å². The van der Waals surface area contributed by atoms with Crippen molar-refractivity contribution >= 4 is 23.9 Å². The van der Waals surface area contributed by atoms with Gasteiger partial charge in [0.2, 0.25) is 34.2 Å². The van der Waals surface area contributed by atoms with Crippen LogP contribution in [0.2, 0.25) is 0 Å². The smallest absolute Gasteiger partial charge is 0.345 e. The summed E-state index contributed by atoms with van der Waals surface area (Å²) in [5.74, 6) is -14.3. The first kappa shape index (κ1) is 63.7. The van der Waals surface area contributed by atoms with Gasteiger partial charge >= 0.3 is 23.9 Å². The van der Waals surface area contributed by atoms with Crippen LogP contribution in [0.1, 0.15) is 149 Å². The molecule has 22 unspecified atom stereocenters. The normalized spacial score (nSPS) is 45.1. The van der Waals surface area contributed by atoms with Gasteiger partial charge in [-0.2, -0.15) is 0 Å². The highest BCUT2D eigenvalue weighted by atomic mass is 16.7. The van der Waals surface area contributed by atoms with Crippen molar-refractivity contribution < 1.29 is 133 Å². The van der Waals surface area contributed by atoms with Crippen molar-refractivity contribution in [2.24, 2.45) is 17.8 Å². The fourth-order valence-electron chi connectivity index (χ4n) is 13.0. The van der Waals surface area contributed by atoms with Gasteiger partial charge in [-0.3, -0.25) is 4.79 Å². The number of esters is 3. The van der Waals surface area contributed by atoms with Gasteiger partial charge in [0.15, 0.2) is 37.2 Å². The van der Waals surface area contributed by atoms with Crippen LogP contribution in [0.3, 0.4) is 0 Å². The highest BCUT2D eigenvalue weighted by Crippen LogP contribution is 2.54. The van der Waals surface area contributed by atoms with E-state index in [9.17, 15) is 85.6 Å². The average Bonchev–Trinajstić information content (AvgIpc) is 4.31. The molecule has 9 aliphatic rings. The second-order valence-corrected chi connectivity index (χ2v) is 22.7. The molecule has 0 aromatic carbocycles. The third-order valence-corrected chi connectivity index (χ3v) is 17.4. The predicted molar refractivity (Wildman–Crippen MR) is 260 cm³/mol. The fourth-order valence-corrected chi connectivity index (χ4v) is 13.0. The number of hydrogen-bond acceptors (Lipinski definition) is 26. The van der Waals surface area contributed by atoms with Crippen LogP contribution in [0.4, 0.5) is 0 Å². The molecule has 22 atom stereocenters. The van der Waals surface area contributed by atoms with Gasteiger partial charge in [0.25, 0.3) is 0 Å². The van der Waals surface area contributed by atoms with Crippen molar-refractivity contribution in [1.29, 1.82) is 0 Å². The first-order chi connectivity index (χ1) is 37.3. The number of rotatable bonds is 23. The molecular formula is C52H84O27. The van der Waals surface area contributed by atoms with E-state index in [1.54, 1.807) is 0 Å². The van der Waals surface area contributed by atoms with Crippen molar-refractivity contribution in [3.05, 3.63) is 0 Å². The first-order valence-electron chi connectivity index (χ1n) is 28.1. The molecule has 27 nitrogen and oxygen atoms in total. The first-order valence-corrected chi connectivity index (χ1v) is 28.1. The lowest BCUT2D eigenvalue weighted by atomic mass is 9.74. The van der Waals surface area contributed by atoms with E-state index >= 15 is 0 Å². The number of ether oxygens (including phenoxy) is 9. The van der Waals surface area contributed by atoms with Crippen LogP contribution in [0.5, 0.6) is 0 Å². The molecule has 14 N–H and O–H groups in total. The highest BCUT2D eigenvalue weighted by molar-refractivity contribution is 5.86. The standard InChI is InChI=1S/C19H30O11.C18H30O8.C15H24O8/c20-11(6-4-2-1-3-5-7-13(22)23)15-10(8-14(24)29-15)18(26)17(25)30-16-12(21)9-28-19(16,18)27;1-2-3-4-5-6-7-8-13-11(9-14(20)25-13)17(22)16(21)26-15-12(19)10-24-18(15,17)23;1-2-3-4-5-10-8(6-11(17)22-10)14(19)13(18)23-12-9(16)7-21-15(12,14)20/h10-12,14-16,20-21,24,26-27H,1-9H2,(H,22,23);11-15,19-20,22-23H,2-10H2,1H3;8-12,16-17,19-20H,2-7H2,1H3. The maximum absolute atomic E-state index is 12.4. The number of carbonyl (C=O) groups excluding carboxylic acids is 3. The lowest BCUT2D eigenvalue weighted by Crippen LogP contribution is -2.64. The van der Waals surface area contributed by atoms with E-state index in [0.29, 0.717) is 25.7 Å². The average molecular weight is 1140 g/mol. The number of aliphatic hydroxyl groups is 13. The lowest BCUT2D eigenvalue weighted by Gasteiger charge is -2.38. The van der Waals surface area contributed by atoms with E-state index in [1.165, 1.54) is 12.8 Å². The Kier molecular flexibility index (Phi) is 20.9. The highest BCUT2D eigenvalue weighted by Gasteiger charge is 2.80. The molecule has 0 spiro atoms. The number of hydrogen-bond donors (Lipinski definition) is 14. The molecule has 9 saturated heterocycles. The molecule has 0 aromatic rings. The number of unbranched alkanes of at least 4 members (excludes halogenated alkanes) is 11. The summed E-state index contributed by atoms with van der Waals surface area (Å²) in [6, 6.07) is 0. The minimum atomic E-state index is -2.62. The van der Waals surface area contributed by atoms with Crippen LogP contribution in [0, 0.1) is 17.8 Å². The molecule has 454 valence electrons. The minimum Gasteiger partial charge on any atom is -0.481 e. The molecule has 0 saturated carbocycles. The Morgan fingerprint density at radius 1 is 0.494 bits per heavy atom. The molecule has 79 heavy (non-hydrogen) atoms. The zero-order valence-electron chi connectivity index (χ0n) is 44.8. The summed E-state index contributed by atoms with van der Waals surface area (Å²) in [7, 11) is 0. The van der Waals surface area contributed by atoms with Crippen molar-refractivity contribution in [2.75, 3.05) is 19.8 Å². The Hall–Kier alpha value is -2.88. The van der Waals surface area contributed by atoms with E-state index in [1.807, 2.05) is 6.92 Å². The quantitative estimate of drug-likeness (QED) is 0.0294. The molecule has 9 heterocycles. The van der Waals surface area contributed by atoms with Crippen molar-refractivity contribution in [3.63, 3.8) is 0 Å². The maximum atomic E-state index is 12.4. The Balaban J connectivity index is 0.000000173. The maximum Gasteiger partial charge on any atom is 0.345 e. The Morgan fingerprint density at radius 3 is 1.27 bits per heavy atom. The van der Waals surface area contributed by atoms with Crippen molar-refractivity contribution in [2.45, 2.75) is 263 Å². The summed E-state index contributed by atoms with van der Waals surface area (Å²) in [5, 5.41) is 144. The number of aliphatic hydroxyl groups excluding tert-OH is 7. The van der Waals surface area contributed by atoms with E-state index in [4.69, 9.17) is 47.7 Å². The number of aliphatic carboxylic acids is 1. The summed E-state index contributed by atoms with van der Waals surface area (Å²) >= 11 is 0. The molecule has 9 rings (SSSR count). The van der Waals surface area contributed by atoms with Gasteiger partial charge in [-0.05, 0) is 25.7 Å². The van der Waals surface area contributed by atoms with Crippen LogP contribution >= 0.6 is 0 Å². The number of carboxylic acid groups (broad SMARTS) is 1. The summed E-state index contributed by atoms with van der Waals surface area (Å²) in [4.78, 5) is 47.6. The van der Waals surface area contributed by atoms with E-state index in [2.05, 4.69) is 6.92 Å². The molecule has 27 heteroatoms. The Bertz CT molecular complexity index is 2070. The van der Waals surface area contributed by atoms with Gasteiger partial charge in [0.05, 0.1) is 44.2 Å². The second-order valence-electron chi connectivity index (χ2n) is 22.7. The largest absolute Gasteiger partial charge is 0.481 e. The summed E-state index contributed by atoms with van der Waals surface area (Å²) < 4.78 is 46.8. The van der Waals surface area contributed by atoms with Crippen LogP contribution in [0.15, 0.2) is 0 Å². The summed E-state index contributed by atoms with van der Waals surface area (Å²) in [5.41, 5.74) is -7.36. The molecular weight excluding hydrogens is 1060 g/mol. The number of fused-ring (bicyclic) bond motifs is 3. The van der Waals surface area contributed by atoms with Crippen molar-refractivity contribution in [1.82, 2.24) is 0 Å². The predicted octanol–water partition coefficient (Wildman–Crippen LogP) is -2.15. The fraction of sp³-hybridized carbons (Fsp3) is 0.923. The van der Waals surface area contributed by atoms with E-state index in [-0.39, 0.29) is 51.9 Å². The monoisotopic (exact) mass is 1140 g/mol. The van der Waals surface area contributed by atoms with E-state index < -0.39 is 156 Å². The number of carboxylic acids is 1. The zero-order valence-corrected chi connectivity index (χ0v) is 44.8. The lowest BCUT2D eigenvalue weighted by molar-refractivity contribution is -0.282. The zero-order chi connectivity index (χ0) is 57.9. The second kappa shape index (κ2) is 25.9. The third-order valence-electron chi connectivity index (χ3n) is 17.4. The van der Waals surface area contributed by atoms with Crippen LogP contribution in [-0.2, 0) is 61.8 Å². The van der Waals surface area contributed by atoms with Crippen molar-refractivity contribution in [3.8, 4) is 0 Å². The van der Waals surface area contributed by atoms with Gasteiger partial charge in [-0.1, -0.05) is 97.3 Å². The molecule has 0 aliphatic carbocycles. The van der Waals surface area contributed by atoms with Gasteiger partial charge in [-0.25, -0.2) is 14.4 Å². The van der Waals surface area contributed by atoms with E-state index in [0.717, 1.165) is 64.2 Å². The van der Waals surface area contributed by atoms with Crippen LogP contribution in [-0.4, -0.2) is 229 Å². The minimum absolute atomic E-state index is 0.0133. The Labute approximate surface area is 456 Å². The SMILES string of the molecule is CCCCCC1OC(O)CC1C1(O)C(=O)OC2C(O)COC21O.CCCCCCCCC1OC(O)CC1C1(O)C(=O)OC2C(O)COC21O.O=C(O)CCCCCCCC(O)C1OC(O)CC1C1(O)C(=O)OC2C(O)COC21O. The molecule has 9 fully saturated rings. The van der Waals surface area contributed by atoms with Crippen LogP contribution in [0.25, 0.3) is 0 Å². The number of carbonyl (C=O) groups is 4. The van der Waals surface area contributed by atoms with Gasteiger partial charge < -0.3 is 114 Å². The summed E-state index contributed by atoms with van der Waals surface area (Å²) in [6.45, 7) is 3.37. The van der Waals surface area contributed by atoms with Gasteiger partial charge in [0.1, 0.15) is 18.3 Å². The molecule has 0 radical (unpaired) electrons. The molecule has 9 aliphatic heterocycles. The van der Waals surface area contributed by atoms with Gasteiger partial charge in [-0.15, -0.1) is 0 Å². The Morgan fingerprint density at radius 2 is 0.835 bits per heavy atom. The summed E-state index contributed by atoms with van der Waals surface area (Å²) in [6.07, 6.45) is -1.16.